The van der Waals surface area contributed by atoms with Crippen molar-refractivity contribution in [1.82, 2.24) is 9.47 Å². The molecule has 2 aromatic carbocycles. The third-order valence-electron chi connectivity index (χ3n) is 5.02. The van der Waals surface area contributed by atoms with E-state index in [0.29, 0.717) is 4.91 Å². The van der Waals surface area contributed by atoms with Crippen molar-refractivity contribution in [1.29, 1.82) is 0 Å². The minimum Gasteiger partial charge on any atom is -0.492 e. The van der Waals surface area contributed by atoms with Crippen molar-refractivity contribution in [2.24, 2.45) is 0 Å². The summed E-state index contributed by atoms with van der Waals surface area (Å²) in [6.45, 7) is 5.54. The minimum atomic E-state index is -0.259. The maximum Gasteiger partial charge on any atom is 0.293 e. The monoisotopic (exact) mass is 420 g/mol. The summed E-state index contributed by atoms with van der Waals surface area (Å²) in [7, 11) is 0. The molecule has 2 heterocycles. The van der Waals surface area contributed by atoms with Crippen molar-refractivity contribution in [3.05, 3.63) is 70.8 Å². The second-order valence-electron chi connectivity index (χ2n) is 7.29. The van der Waals surface area contributed by atoms with Crippen LogP contribution in [0.2, 0.25) is 0 Å². The molecule has 0 aliphatic carbocycles. The lowest BCUT2D eigenvalue weighted by atomic mass is 10.1. The van der Waals surface area contributed by atoms with Gasteiger partial charge in [-0.25, -0.2) is 0 Å². The van der Waals surface area contributed by atoms with Crippen LogP contribution in [0.1, 0.15) is 24.5 Å². The molecule has 0 bridgehead atoms. The van der Waals surface area contributed by atoms with Crippen LogP contribution >= 0.6 is 11.8 Å². The van der Waals surface area contributed by atoms with Crippen LogP contribution in [-0.2, 0) is 11.3 Å². The van der Waals surface area contributed by atoms with Crippen molar-refractivity contribution in [3.63, 3.8) is 0 Å². The molecule has 3 aromatic rings. The van der Waals surface area contributed by atoms with Crippen LogP contribution in [0.3, 0.4) is 0 Å². The number of carbonyl (C=O) groups is 2. The van der Waals surface area contributed by atoms with Gasteiger partial charge in [-0.1, -0.05) is 37.3 Å². The highest BCUT2D eigenvalue weighted by molar-refractivity contribution is 8.18. The first-order valence-corrected chi connectivity index (χ1v) is 10.9. The maximum atomic E-state index is 12.8. The third-order valence-corrected chi connectivity index (χ3v) is 5.92. The fourth-order valence-corrected chi connectivity index (χ4v) is 4.47. The summed E-state index contributed by atoms with van der Waals surface area (Å²) in [5.74, 6) is 0.478. The number of rotatable bonds is 7. The van der Waals surface area contributed by atoms with E-state index in [2.05, 4.69) is 23.8 Å². The summed E-state index contributed by atoms with van der Waals surface area (Å²) < 4.78 is 7.90. The molecule has 0 saturated carbocycles. The summed E-state index contributed by atoms with van der Waals surface area (Å²) in [4.78, 5) is 27.0. The Bertz CT molecular complexity index is 1130. The second kappa shape index (κ2) is 8.79. The van der Waals surface area contributed by atoms with Gasteiger partial charge < -0.3 is 9.30 Å². The molecule has 2 amide bonds. The number of fused-ring (bicyclic) bond motifs is 1. The second-order valence-corrected chi connectivity index (χ2v) is 8.29. The molecule has 1 aliphatic heterocycles. The Balaban J connectivity index is 1.50. The van der Waals surface area contributed by atoms with Gasteiger partial charge in [0.2, 0.25) is 0 Å². The minimum absolute atomic E-state index is 0.230. The van der Waals surface area contributed by atoms with Gasteiger partial charge in [0, 0.05) is 29.2 Å². The van der Waals surface area contributed by atoms with Gasteiger partial charge in [0.25, 0.3) is 11.1 Å². The standard InChI is InChI=1S/C24H24N2O3S/c1-3-11-25-16-18(20-9-4-5-10-21(20)25)15-22-23(27)26(24(28)30-22)12-13-29-19-8-6-7-17(2)14-19/h4-10,14-16H,3,11-13H2,1-2H3/b22-15-. The molecule has 1 saturated heterocycles. The molecule has 4 rings (SSSR count). The molecule has 30 heavy (non-hydrogen) atoms. The highest BCUT2D eigenvalue weighted by Crippen LogP contribution is 2.34. The van der Waals surface area contributed by atoms with Crippen LogP contribution in [-0.4, -0.2) is 33.8 Å². The quantitative estimate of drug-likeness (QED) is 0.475. The van der Waals surface area contributed by atoms with Crippen molar-refractivity contribution >= 4 is 39.9 Å². The zero-order chi connectivity index (χ0) is 21.1. The number of amides is 2. The van der Waals surface area contributed by atoms with Gasteiger partial charge in [-0.2, -0.15) is 0 Å². The molecule has 1 aromatic heterocycles. The van der Waals surface area contributed by atoms with Gasteiger partial charge in [-0.05, 0) is 54.9 Å². The topological polar surface area (TPSA) is 51.5 Å². The highest BCUT2D eigenvalue weighted by atomic mass is 32.2. The first-order chi connectivity index (χ1) is 14.6. The summed E-state index contributed by atoms with van der Waals surface area (Å²) in [6, 6.07) is 15.8. The Hall–Kier alpha value is -2.99. The first-order valence-electron chi connectivity index (χ1n) is 10.1. The molecule has 5 nitrogen and oxygen atoms in total. The third kappa shape index (κ3) is 4.14. The fourth-order valence-electron chi connectivity index (χ4n) is 3.61. The van der Waals surface area contributed by atoms with E-state index in [-0.39, 0.29) is 24.3 Å². The van der Waals surface area contributed by atoms with E-state index < -0.39 is 0 Å². The Morgan fingerprint density at radius 3 is 2.70 bits per heavy atom. The number of thioether (sulfide) groups is 1. The number of ether oxygens (including phenoxy) is 1. The molecular weight excluding hydrogens is 396 g/mol. The zero-order valence-electron chi connectivity index (χ0n) is 17.1. The Kier molecular flexibility index (Phi) is 5.95. The molecule has 1 aliphatic rings. The van der Waals surface area contributed by atoms with Crippen molar-refractivity contribution in [2.45, 2.75) is 26.8 Å². The number of para-hydroxylation sites is 1. The number of carbonyl (C=O) groups excluding carboxylic acids is 2. The van der Waals surface area contributed by atoms with Crippen LogP contribution in [0.4, 0.5) is 4.79 Å². The molecule has 0 atom stereocenters. The van der Waals surface area contributed by atoms with E-state index in [1.54, 1.807) is 0 Å². The SMILES string of the molecule is CCCn1cc(/C=C2\SC(=O)N(CCOc3cccc(C)c3)C2=O)c2ccccc21. The van der Waals surface area contributed by atoms with Crippen LogP contribution < -0.4 is 4.74 Å². The Morgan fingerprint density at radius 1 is 1.07 bits per heavy atom. The summed E-state index contributed by atoms with van der Waals surface area (Å²) in [6.07, 6.45) is 4.92. The molecule has 0 N–H and O–H groups in total. The maximum absolute atomic E-state index is 12.8. The van der Waals surface area contributed by atoms with E-state index in [1.165, 1.54) is 4.90 Å². The molecular formula is C24H24N2O3S. The molecule has 6 heteroatoms. The summed E-state index contributed by atoms with van der Waals surface area (Å²) in [5, 5.41) is 0.830. The summed E-state index contributed by atoms with van der Waals surface area (Å²) >= 11 is 0.990. The fraction of sp³-hybridized carbons (Fsp3) is 0.250. The van der Waals surface area contributed by atoms with E-state index in [1.807, 2.05) is 55.5 Å². The zero-order valence-corrected chi connectivity index (χ0v) is 17.9. The van der Waals surface area contributed by atoms with E-state index in [0.717, 1.165) is 52.5 Å². The van der Waals surface area contributed by atoms with Gasteiger partial charge in [0.15, 0.2) is 0 Å². The largest absolute Gasteiger partial charge is 0.492 e. The van der Waals surface area contributed by atoms with Gasteiger partial charge >= 0.3 is 0 Å². The molecule has 0 unspecified atom stereocenters. The lowest BCUT2D eigenvalue weighted by Crippen LogP contribution is -2.32. The molecule has 1 fully saturated rings. The van der Waals surface area contributed by atoms with Crippen molar-refractivity contribution < 1.29 is 14.3 Å². The molecule has 0 spiro atoms. The van der Waals surface area contributed by atoms with Gasteiger partial charge in [0.1, 0.15) is 12.4 Å². The van der Waals surface area contributed by atoms with Crippen LogP contribution in [0.5, 0.6) is 5.75 Å². The Labute approximate surface area is 180 Å². The number of benzene rings is 2. The van der Waals surface area contributed by atoms with Crippen LogP contribution in [0, 0.1) is 6.92 Å². The van der Waals surface area contributed by atoms with E-state index in [9.17, 15) is 9.59 Å². The van der Waals surface area contributed by atoms with Gasteiger partial charge in [0.05, 0.1) is 11.4 Å². The van der Waals surface area contributed by atoms with E-state index >= 15 is 0 Å². The lowest BCUT2D eigenvalue weighted by Gasteiger charge is -2.13. The number of hydrogen-bond donors (Lipinski definition) is 0. The Morgan fingerprint density at radius 2 is 1.90 bits per heavy atom. The average molecular weight is 421 g/mol. The van der Waals surface area contributed by atoms with Gasteiger partial charge in [-0.15, -0.1) is 0 Å². The molecule has 0 radical (unpaired) electrons. The first kappa shape index (κ1) is 20.3. The molecule has 154 valence electrons. The van der Waals surface area contributed by atoms with Crippen molar-refractivity contribution in [3.8, 4) is 5.75 Å². The van der Waals surface area contributed by atoms with Crippen LogP contribution in [0.25, 0.3) is 17.0 Å². The number of imide groups is 1. The number of nitrogens with zero attached hydrogens (tertiary/aromatic N) is 2. The predicted molar refractivity (Wildman–Crippen MR) is 122 cm³/mol. The lowest BCUT2D eigenvalue weighted by molar-refractivity contribution is -0.123. The smallest absolute Gasteiger partial charge is 0.293 e. The average Bonchev–Trinajstić information content (AvgIpc) is 3.21. The van der Waals surface area contributed by atoms with Crippen LogP contribution in [0.15, 0.2) is 59.6 Å². The van der Waals surface area contributed by atoms with E-state index in [4.69, 9.17) is 4.74 Å². The summed E-state index contributed by atoms with van der Waals surface area (Å²) in [5.41, 5.74) is 3.20. The van der Waals surface area contributed by atoms with Gasteiger partial charge in [-0.3, -0.25) is 14.5 Å². The predicted octanol–water partition coefficient (Wildman–Crippen LogP) is 5.48. The number of aromatic nitrogens is 1. The number of hydrogen-bond acceptors (Lipinski definition) is 4. The normalized spacial score (nSPS) is 15.5. The number of aryl methyl sites for hydroxylation is 2. The highest BCUT2D eigenvalue weighted by Gasteiger charge is 2.35. The van der Waals surface area contributed by atoms with Crippen molar-refractivity contribution in [2.75, 3.05) is 13.2 Å².